The van der Waals surface area contributed by atoms with E-state index in [4.69, 9.17) is 16.3 Å². The van der Waals surface area contributed by atoms with E-state index >= 15 is 0 Å². The van der Waals surface area contributed by atoms with E-state index in [-0.39, 0.29) is 11.5 Å². The number of amides is 1. The summed E-state index contributed by atoms with van der Waals surface area (Å²) in [5.41, 5.74) is 2.47. The molecule has 0 aliphatic rings. The Kier molecular flexibility index (Phi) is 6.53. The molecular formula is C20H13ClN4O6. The lowest BCUT2D eigenvalue weighted by molar-refractivity contribution is -0.394. The van der Waals surface area contributed by atoms with E-state index in [1.54, 1.807) is 36.4 Å². The summed E-state index contributed by atoms with van der Waals surface area (Å²) in [7, 11) is 0. The summed E-state index contributed by atoms with van der Waals surface area (Å²) < 4.78 is 5.48. The first-order valence-corrected chi connectivity index (χ1v) is 9.01. The van der Waals surface area contributed by atoms with Crippen molar-refractivity contribution in [1.82, 2.24) is 5.43 Å². The van der Waals surface area contributed by atoms with E-state index in [2.05, 4.69) is 10.5 Å². The van der Waals surface area contributed by atoms with Crippen molar-refractivity contribution in [3.8, 4) is 11.5 Å². The number of ether oxygens (including phenoxy) is 1. The van der Waals surface area contributed by atoms with Crippen molar-refractivity contribution < 1.29 is 19.4 Å². The van der Waals surface area contributed by atoms with Crippen LogP contribution in [-0.4, -0.2) is 22.0 Å². The standard InChI is InChI=1S/C20H13ClN4O6/c21-15-5-3-14(4-6-15)20(26)23-22-12-13-1-8-17(9-2-13)31-19-10-7-16(24(27)28)11-18(19)25(29)30/h1-12H,(H,23,26)/b22-12-. The Labute approximate surface area is 180 Å². The average Bonchev–Trinajstić information content (AvgIpc) is 2.75. The van der Waals surface area contributed by atoms with Gasteiger partial charge >= 0.3 is 5.69 Å². The van der Waals surface area contributed by atoms with Crippen LogP contribution in [0, 0.1) is 20.2 Å². The smallest absolute Gasteiger partial charge is 0.318 e. The van der Waals surface area contributed by atoms with Gasteiger partial charge in [-0.25, -0.2) is 5.43 Å². The number of hydrogen-bond donors (Lipinski definition) is 1. The Hall–Kier alpha value is -4.31. The second-order valence-electron chi connectivity index (χ2n) is 6.04. The van der Waals surface area contributed by atoms with Crippen LogP contribution < -0.4 is 10.2 Å². The predicted octanol–water partition coefficient (Wildman–Crippen LogP) is 4.71. The van der Waals surface area contributed by atoms with E-state index in [1.165, 1.54) is 18.3 Å². The largest absolute Gasteiger partial charge is 0.450 e. The number of hydrazone groups is 1. The fourth-order valence-corrected chi connectivity index (χ4v) is 2.55. The van der Waals surface area contributed by atoms with E-state index in [9.17, 15) is 25.0 Å². The third-order valence-corrected chi connectivity index (χ3v) is 4.20. The zero-order chi connectivity index (χ0) is 22.4. The van der Waals surface area contributed by atoms with Gasteiger partial charge in [-0.15, -0.1) is 0 Å². The molecule has 11 heteroatoms. The van der Waals surface area contributed by atoms with Crippen molar-refractivity contribution in [3.63, 3.8) is 0 Å². The Balaban J connectivity index is 1.66. The van der Waals surface area contributed by atoms with Crippen LogP contribution in [0.3, 0.4) is 0 Å². The number of nitro groups is 2. The fraction of sp³-hybridized carbons (Fsp3) is 0. The summed E-state index contributed by atoms with van der Waals surface area (Å²) in [5.74, 6) is -0.259. The molecule has 156 valence electrons. The van der Waals surface area contributed by atoms with Gasteiger partial charge < -0.3 is 4.74 Å². The summed E-state index contributed by atoms with van der Waals surface area (Å²) in [6.45, 7) is 0. The number of non-ortho nitro benzene ring substituents is 1. The molecule has 1 N–H and O–H groups in total. The first-order chi connectivity index (χ1) is 14.8. The van der Waals surface area contributed by atoms with Crippen molar-refractivity contribution in [2.45, 2.75) is 0 Å². The number of halogens is 1. The molecule has 0 radical (unpaired) electrons. The van der Waals surface area contributed by atoms with Gasteiger partial charge in [0.15, 0.2) is 0 Å². The minimum atomic E-state index is -0.757. The van der Waals surface area contributed by atoms with Gasteiger partial charge in [0.25, 0.3) is 11.6 Å². The van der Waals surface area contributed by atoms with Crippen molar-refractivity contribution in [1.29, 1.82) is 0 Å². The first kappa shape index (κ1) is 21.4. The van der Waals surface area contributed by atoms with Gasteiger partial charge in [-0.05, 0) is 60.2 Å². The Bertz CT molecular complexity index is 1160. The number of hydrogen-bond acceptors (Lipinski definition) is 7. The summed E-state index contributed by atoms with van der Waals surface area (Å²) in [6, 6.07) is 15.7. The van der Waals surface area contributed by atoms with Gasteiger partial charge in [0.05, 0.1) is 22.1 Å². The Morgan fingerprint density at radius 3 is 2.26 bits per heavy atom. The molecule has 0 fully saturated rings. The lowest BCUT2D eigenvalue weighted by atomic mass is 10.2. The molecule has 3 rings (SSSR count). The number of nitrogens with one attached hydrogen (secondary N) is 1. The molecule has 3 aromatic carbocycles. The fourth-order valence-electron chi connectivity index (χ4n) is 2.43. The van der Waals surface area contributed by atoms with E-state index in [1.807, 2.05) is 0 Å². The maximum Gasteiger partial charge on any atom is 0.318 e. The molecule has 31 heavy (non-hydrogen) atoms. The minimum Gasteiger partial charge on any atom is -0.450 e. The molecule has 0 heterocycles. The summed E-state index contributed by atoms with van der Waals surface area (Å²) in [6.07, 6.45) is 1.41. The molecule has 0 spiro atoms. The molecule has 10 nitrogen and oxygen atoms in total. The quantitative estimate of drug-likeness (QED) is 0.320. The topological polar surface area (TPSA) is 137 Å². The van der Waals surface area contributed by atoms with Crippen LogP contribution in [-0.2, 0) is 0 Å². The summed E-state index contributed by atoms with van der Waals surface area (Å²) >= 11 is 5.78. The van der Waals surface area contributed by atoms with E-state index < -0.39 is 27.1 Å². The highest BCUT2D eigenvalue weighted by molar-refractivity contribution is 6.30. The highest BCUT2D eigenvalue weighted by atomic mass is 35.5. The normalized spacial score (nSPS) is 10.6. The minimum absolute atomic E-state index is 0.132. The second kappa shape index (κ2) is 9.46. The number of nitrogens with zero attached hydrogens (tertiary/aromatic N) is 3. The number of carbonyl (C=O) groups is 1. The lowest BCUT2D eigenvalue weighted by Crippen LogP contribution is -2.17. The van der Waals surface area contributed by atoms with E-state index in [0.717, 1.165) is 18.2 Å². The van der Waals surface area contributed by atoms with Crippen molar-refractivity contribution in [3.05, 3.63) is 103 Å². The lowest BCUT2D eigenvalue weighted by Gasteiger charge is -2.06. The maximum atomic E-state index is 12.0. The molecule has 0 saturated heterocycles. The zero-order valence-electron chi connectivity index (χ0n) is 15.6. The van der Waals surface area contributed by atoms with Gasteiger partial charge in [0.1, 0.15) is 5.75 Å². The Morgan fingerprint density at radius 2 is 1.65 bits per heavy atom. The highest BCUT2D eigenvalue weighted by Gasteiger charge is 2.21. The van der Waals surface area contributed by atoms with Crippen LogP contribution in [0.5, 0.6) is 11.5 Å². The maximum absolute atomic E-state index is 12.0. The average molecular weight is 441 g/mol. The van der Waals surface area contributed by atoms with Gasteiger partial charge in [-0.3, -0.25) is 25.0 Å². The van der Waals surface area contributed by atoms with Crippen molar-refractivity contribution in [2.24, 2.45) is 5.10 Å². The third kappa shape index (κ3) is 5.61. The molecule has 0 bridgehead atoms. The van der Waals surface area contributed by atoms with E-state index in [0.29, 0.717) is 16.1 Å². The second-order valence-corrected chi connectivity index (χ2v) is 6.48. The van der Waals surface area contributed by atoms with Crippen molar-refractivity contribution >= 4 is 35.1 Å². The number of rotatable bonds is 7. The van der Waals surface area contributed by atoms with Gasteiger partial charge in [0, 0.05) is 16.7 Å². The number of benzene rings is 3. The molecule has 0 aromatic heterocycles. The van der Waals surface area contributed by atoms with Gasteiger partial charge in [0.2, 0.25) is 5.75 Å². The SMILES string of the molecule is O=C(N/N=C\c1ccc(Oc2ccc([N+](=O)[O-])cc2[N+](=O)[O-])cc1)c1ccc(Cl)cc1. The summed E-state index contributed by atoms with van der Waals surface area (Å²) in [5, 5.41) is 26.4. The molecule has 1 amide bonds. The monoisotopic (exact) mass is 440 g/mol. The molecular weight excluding hydrogens is 428 g/mol. The van der Waals surface area contributed by atoms with Crippen molar-refractivity contribution in [2.75, 3.05) is 0 Å². The van der Waals surface area contributed by atoms with Crippen LogP contribution in [0.4, 0.5) is 11.4 Å². The number of carbonyl (C=O) groups excluding carboxylic acids is 1. The zero-order valence-corrected chi connectivity index (χ0v) is 16.4. The number of nitro benzene ring substituents is 2. The van der Waals surface area contributed by atoms with Crippen LogP contribution in [0.2, 0.25) is 5.02 Å². The van der Waals surface area contributed by atoms with Gasteiger partial charge in [-0.2, -0.15) is 5.10 Å². The molecule has 0 aliphatic heterocycles. The van der Waals surface area contributed by atoms with Crippen LogP contribution in [0.1, 0.15) is 15.9 Å². The molecule has 0 aliphatic carbocycles. The van der Waals surface area contributed by atoms with Gasteiger partial charge in [-0.1, -0.05) is 11.6 Å². The molecule has 3 aromatic rings. The summed E-state index contributed by atoms with van der Waals surface area (Å²) in [4.78, 5) is 32.5. The molecule has 0 unspecified atom stereocenters. The Morgan fingerprint density at radius 1 is 0.968 bits per heavy atom. The third-order valence-electron chi connectivity index (χ3n) is 3.94. The highest BCUT2D eigenvalue weighted by Crippen LogP contribution is 2.34. The predicted molar refractivity (Wildman–Crippen MR) is 113 cm³/mol. The molecule has 0 atom stereocenters. The van der Waals surface area contributed by atoms with Crippen LogP contribution >= 0.6 is 11.6 Å². The van der Waals surface area contributed by atoms with Crippen LogP contribution in [0.25, 0.3) is 0 Å². The first-order valence-electron chi connectivity index (χ1n) is 8.63. The van der Waals surface area contributed by atoms with Crippen LogP contribution in [0.15, 0.2) is 71.8 Å². The molecule has 0 saturated carbocycles.